The summed E-state index contributed by atoms with van der Waals surface area (Å²) in [5, 5.41) is 9.68. The molecule has 16 aromatic carbocycles. The Morgan fingerprint density at radius 3 is 1.17 bits per heavy atom. The summed E-state index contributed by atoms with van der Waals surface area (Å²) in [4.78, 5) is 12.6. The Hall–Kier alpha value is -13.3. The second kappa shape index (κ2) is 25.1. The van der Waals surface area contributed by atoms with Gasteiger partial charge in [0.25, 0.3) is 13.4 Å². The molecule has 1 unspecified atom stereocenters. The van der Waals surface area contributed by atoms with Gasteiger partial charge in [0.05, 0.1) is 25.1 Å². The highest BCUT2D eigenvalue weighted by atomic mass is 28.3. The summed E-state index contributed by atoms with van der Waals surface area (Å²) in [6.07, 6.45) is 0. The molecule has 0 N–H and O–H groups in total. The zero-order valence-corrected chi connectivity index (χ0v) is 63.9. The third-order valence-electron chi connectivity index (χ3n) is 24.1. The quantitative estimate of drug-likeness (QED) is 0.0892. The van der Waals surface area contributed by atoms with Crippen molar-refractivity contribution >= 4 is 212 Å². The van der Waals surface area contributed by atoms with Crippen LogP contribution in [0.4, 0.5) is 85.3 Å². The number of rotatable bonds is 12. The molecule has 1 atom stereocenters. The predicted molar refractivity (Wildman–Crippen MR) is 476 cm³/mol. The van der Waals surface area contributed by atoms with Crippen molar-refractivity contribution in [3.05, 3.63) is 370 Å². The van der Waals surface area contributed by atoms with Gasteiger partial charge in [-0.3, -0.25) is 0 Å². The van der Waals surface area contributed by atoms with Gasteiger partial charge in [-0.2, -0.15) is 0 Å². The van der Waals surface area contributed by atoms with E-state index in [1.165, 1.54) is 59.2 Å². The maximum Gasteiger partial charge on any atom is 0.252 e. The zero-order valence-electron chi connectivity index (χ0n) is 61.9. The van der Waals surface area contributed by atoms with Crippen LogP contribution >= 0.6 is 0 Å². The highest BCUT2D eigenvalue weighted by Gasteiger charge is 2.49. The van der Waals surface area contributed by atoms with Gasteiger partial charge >= 0.3 is 0 Å². The first-order valence-corrected chi connectivity index (χ1v) is 44.6. The summed E-state index contributed by atoms with van der Waals surface area (Å²) >= 11 is 0. The van der Waals surface area contributed by atoms with E-state index >= 15 is 0 Å². The Kier molecular flexibility index (Phi) is 14.7. The van der Waals surface area contributed by atoms with E-state index in [0.29, 0.717) is 0 Å². The van der Waals surface area contributed by atoms with E-state index < -0.39 is 16.1 Å². The van der Waals surface area contributed by atoms with Crippen LogP contribution in [0.1, 0.15) is 0 Å². The van der Waals surface area contributed by atoms with Crippen LogP contribution in [0.5, 0.6) is 0 Å². The number of furan rings is 2. The van der Waals surface area contributed by atoms with Gasteiger partial charge < -0.3 is 33.3 Å². The molecule has 4 aliphatic heterocycles. The molecule has 0 amide bonds. The second-order valence-corrected chi connectivity index (χ2v) is 40.3. The van der Waals surface area contributed by atoms with Crippen molar-refractivity contribution in [3.63, 3.8) is 0 Å². The van der Waals surface area contributed by atoms with Crippen LogP contribution in [-0.2, 0) is 0 Å². The van der Waals surface area contributed by atoms with Crippen molar-refractivity contribution in [1.29, 1.82) is 0 Å². The molecule has 0 fully saturated rings. The Balaban J connectivity index is 0.748. The van der Waals surface area contributed by atoms with Gasteiger partial charge in [-0.25, -0.2) is 0 Å². The molecule has 111 heavy (non-hydrogen) atoms. The van der Waals surface area contributed by atoms with Crippen molar-refractivity contribution in [2.75, 3.05) is 24.5 Å². The van der Waals surface area contributed by atoms with E-state index in [1.807, 2.05) is 0 Å². The number of anilines is 15. The van der Waals surface area contributed by atoms with E-state index in [1.54, 1.807) is 0 Å². The topological polar surface area (TPSA) is 42.5 Å². The van der Waals surface area contributed by atoms with Crippen molar-refractivity contribution in [1.82, 2.24) is 0 Å². The summed E-state index contributed by atoms with van der Waals surface area (Å²) in [6, 6.07) is 138. The first-order chi connectivity index (χ1) is 54.6. The third-order valence-corrected chi connectivity index (χ3v) is 30.6. The second-order valence-electron chi connectivity index (χ2n) is 31.2. The molecular formula is C100H73B2N5O2Si2. The molecule has 0 saturated carbocycles. The minimum atomic E-state index is -3.09. The first kappa shape index (κ1) is 64.8. The Bertz CT molecular complexity index is 6540. The fourth-order valence-electron chi connectivity index (χ4n) is 18.9. The van der Waals surface area contributed by atoms with E-state index in [4.69, 9.17) is 8.83 Å². The summed E-state index contributed by atoms with van der Waals surface area (Å²) in [5.74, 6) is 0. The average Bonchev–Trinajstić information content (AvgIpc) is 1.67. The minimum absolute atomic E-state index is 0.121. The van der Waals surface area contributed by atoms with Crippen LogP contribution in [0, 0.1) is 0 Å². The lowest BCUT2D eigenvalue weighted by Gasteiger charge is -2.45. The highest BCUT2D eigenvalue weighted by Crippen LogP contribution is 2.52. The fourth-order valence-corrected chi connectivity index (χ4v) is 23.6. The fraction of sp³-hybridized carbons (Fsp3) is 0.0400. The van der Waals surface area contributed by atoms with Gasteiger partial charge in [0.1, 0.15) is 19.2 Å². The van der Waals surface area contributed by atoms with Crippen LogP contribution in [-0.4, -0.2) is 29.6 Å². The van der Waals surface area contributed by atoms with E-state index in [-0.39, 0.29) is 13.4 Å². The highest BCUT2D eigenvalue weighted by molar-refractivity contribution is 7.11. The van der Waals surface area contributed by atoms with Gasteiger partial charge in [0, 0.05) is 89.8 Å². The lowest BCUT2D eigenvalue weighted by molar-refractivity contribution is 0.669. The maximum atomic E-state index is 7.24. The Labute approximate surface area is 648 Å². The summed E-state index contributed by atoms with van der Waals surface area (Å²) in [6.45, 7) is 9.52. The summed E-state index contributed by atoms with van der Waals surface area (Å²) in [7, 11) is -4.70. The van der Waals surface area contributed by atoms with Gasteiger partial charge in [-0.15, -0.1) is 0 Å². The normalized spacial score (nSPS) is 13.7. The molecule has 4 aliphatic rings. The molecule has 0 aliphatic carbocycles. The molecule has 22 rings (SSSR count). The summed E-state index contributed by atoms with van der Waals surface area (Å²) < 4.78 is 14.5. The lowest BCUT2D eigenvalue weighted by atomic mass is 9.33. The van der Waals surface area contributed by atoms with Crippen LogP contribution in [0.15, 0.2) is 379 Å². The lowest BCUT2D eigenvalue weighted by Crippen LogP contribution is -2.66. The van der Waals surface area contributed by atoms with Gasteiger partial charge in [0.2, 0.25) is 0 Å². The van der Waals surface area contributed by atoms with E-state index in [9.17, 15) is 0 Å². The third kappa shape index (κ3) is 9.98. The molecule has 0 bridgehead atoms. The van der Waals surface area contributed by atoms with Crippen molar-refractivity contribution < 1.29 is 8.83 Å². The number of para-hydroxylation sites is 8. The number of benzene rings is 16. The molecule has 11 heteroatoms. The minimum Gasteiger partial charge on any atom is -0.454 e. The standard InChI is InChI=1S/C100H73B2N5O2Si2/c1-110(2,3)75-54-50-73(51-55-75)103(68-29-11-5-12-30-68)74-62-89-95-90(63-74)105(70-33-15-7-16-34-70)88-60-49-67(61-86(88)101(95)83-43-25-26-44-87(83)104(89)69-31-13-6-14-32-69)66-47-52-77(53-48-66)111(4,76-39-21-10-22-40-76)78-64-91-96-92(65-78)107(72-37-19-9-20-38-72)98-85(59-57-82-80-42-24-28-46-94(80)109-100(82)98)102(96)84-58-56-81-79-41-23-27-45-93(79)108-99(81)97(84)106(91)71-35-17-8-18-36-71/h5-65H,1-4H3. The van der Waals surface area contributed by atoms with Crippen molar-refractivity contribution in [2.24, 2.45) is 0 Å². The molecule has 7 nitrogen and oxygen atoms in total. The van der Waals surface area contributed by atoms with Crippen molar-refractivity contribution in [3.8, 4) is 11.1 Å². The smallest absolute Gasteiger partial charge is 0.252 e. The molecule has 18 aromatic rings. The molecule has 524 valence electrons. The SMILES string of the molecule is C[Si](C)(C)c1ccc(N(c2ccccc2)c2cc3c4c(c2)N(c2ccccc2)c2ccc(-c5ccc([Si](C)(c6ccccc6)c6cc7c8c(c6)N(c6ccccc6)c6c(ccc9c6oc6ccccc69)B8c6ccc8c(oc9ccccc98)c6N7c6ccccc6)cc5)cc2B4c2ccccc2N3c2ccccc2)cc1. The Morgan fingerprint density at radius 1 is 0.261 bits per heavy atom. The number of fused-ring (bicyclic) bond motifs is 16. The first-order valence-electron chi connectivity index (χ1n) is 38.6. The number of hydrogen-bond donors (Lipinski definition) is 0. The van der Waals surface area contributed by atoms with Crippen LogP contribution in [0.25, 0.3) is 55.0 Å². The molecule has 0 saturated heterocycles. The van der Waals surface area contributed by atoms with Crippen LogP contribution in [0.2, 0.25) is 26.2 Å². The molecule has 0 spiro atoms. The molecule has 0 radical (unpaired) electrons. The monoisotopic (exact) mass is 1450 g/mol. The maximum absolute atomic E-state index is 7.24. The summed E-state index contributed by atoms with van der Waals surface area (Å²) in [5.41, 5.74) is 29.7. The van der Waals surface area contributed by atoms with Gasteiger partial charge in [0.15, 0.2) is 11.2 Å². The van der Waals surface area contributed by atoms with E-state index in [2.05, 4.69) is 421 Å². The van der Waals surface area contributed by atoms with Gasteiger partial charge in [-0.05, 0) is 181 Å². The molecule has 2 aromatic heterocycles. The van der Waals surface area contributed by atoms with Gasteiger partial charge in [-0.1, -0.05) is 280 Å². The number of hydrogen-bond acceptors (Lipinski definition) is 7. The van der Waals surface area contributed by atoms with E-state index in [0.717, 1.165) is 135 Å². The molecule has 6 heterocycles. The molecular weight excluding hydrogens is 1380 g/mol. The largest absolute Gasteiger partial charge is 0.454 e. The number of nitrogens with zero attached hydrogens (tertiary/aromatic N) is 5. The van der Waals surface area contributed by atoms with Crippen LogP contribution in [0.3, 0.4) is 0 Å². The van der Waals surface area contributed by atoms with Crippen molar-refractivity contribution in [2.45, 2.75) is 26.2 Å². The Morgan fingerprint density at radius 2 is 0.658 bits per heavy atom. The zero-order chi connectivity index (χ0) is 73.8. The predicted octanol–water partition coefficient (Wildman–Crippen LogP) is 20.4. The average molecular weight is 1450 g/mol. The van der Waals surface area contributed by atoms with Crippen LogP contribution < -0.4 is 78.0 Å².